The van der Waals surface area contributed by atoms with Crippen LogP contribution in [0.15, 0.2) is 35.4 Å². The summed E-state index contributed by atoms with van der Waals surface area (Å²) >= 11 is 6.10. The molecule has 5 nitrogen and oxygen atoms in total. The molecule has 1 amide bonds. The topological polar surface area (TPSA) is 72.5 Å². The Bertz CT molecular complexity index is 1430. The summed E-state index contributed by atoms with van der Waals surface area (Å²) in [6.07, 6.45) is 8.35. The number of nitrogens with one attached hydrogen (secondary N) is 1. The standard InChI is InChI=1S/C39H54ClNO4/c1-23(2)32-28(43)21-39(34(44)41-22-25-9-11-26(40)12-10-25)20-19-37(7)27(33(32)39)13-14-30-36(6)17-16-31(45-24(3)42)35(4,5)29(36)15-18-38(30,37)8/h9-12,23,27,29-31H,13-22H2,1-8H3,(H,41,44)/t27?,29?,30?,31-,36-,37+,38+,39+/m0/s1. The fourth-order valence-corrected chi connectivity index (χ4v) is 12.4. The monoisotopic (exact) mass is 635 g/mol. The number of halogens is 1. The number of esters is 1. The number of fused-ring (bicyclic) bond motifs is 7. The molecule has 0 aliphatic heterocycles. The van der Waals surface area contributed by atoms with Gasteiger partial charge in [0.1, 0.15) is 6.10 Å². The number of amides is 1. The van der Waals surface area contributed by atoms with Gasteiger partial charge in [-0.1, -0.05) is 72.2 Å². The first-order chi connectivity index (χ1) is 21.0. The number of Topliss-reactive ketones (excluding diaryl/α,β-unsaturated/α-hetero) is 1. The maximum absolute atomic E-state index is 14.4. The van der Waals surface area contributed by atoms with Crippen molar-refractivity contribution in [2.75, 3.05) is 0 Å². The van der Waals surface area contributed by atoms with Crippen molar-refractivity contribution in [2.24, 2.45) is 50.7 Å². The number of allylic oxidation sites excluding steroid dienone is 1. The second-order valence-corrected chi connectivity index (χ2v) is 17.5. The van der Waals surface area contributed by atoms with E-state index in [2.05, 4.69) is 53.8 Å². The van der Waals surface area contributed by atoms with E-state index < -0.39 is 5.41 Å². The summed E-state index contributed by atoms with van der Waals surface area (Å²) in [5.74, 6) is 1.38. The average Bonchev–Trinajstić information content (AvgIpc) is 3.27. The number of carbonyl (C=O) groups is 3. The zero-order valence-corrected chi connectivity index (χ0v) is 29.5. The molecule has 0 heterocycles. The number of carbonyl (C=O) groups excluding carboxylic acids is 3. The van der Waals surface area contributed by atoms with Gasteiger partial charge < -0.3 is 10.1 Å². The van der Waals surface area contributed by atoms with Crippen LogP contribution in [0.25, 0.3) is 0 Å². The van der Waals surface area contributed by atoms with Crippen LogP contribution in [0.4, 0.5) is 0 Å². The van der Waals surface area contributed by atoms with Crippen LogP contribution in [0.2, 0.25) is 5.02 Å². The van der Waals surface area contributed by atoms with Gasteiger partial charge in [-0.25, -0.2) is 0 Å². The van der Waals surface area contributed by atoms with Gasteiger partial charge in [-0.2, -0.15) is 0 Å². The Morgan fingerprint density at radius 2 is 1.60 bits per heavy atom. The van der Waals surface area contributed by atoms with Gasteiger partial charge in [0, 0.05) is 30.3 Å². The quantitative estimate of drug-likeness (QED) is 0.328. The molecular weight excluding hydrogens is 582 g/mol. The molecule has 246 valence electrons. The smallest absolute Gasteiger partial charge is 0.302 e. The number of hydrogen-bond donors (Lipinski definition) is 1. The summed E-state index contributed by atoms with van der Waals surface area (Å²) < 4.78 is 5.93. The van der Waals surface area contributed by atoms with Gasteiger partial charge in [-0.3, -0.25) is 14.4 Å². The maximum Gasteiger partial charge on any atom is 0.302 e. The molecule has 3 unspecified atom stereocenters. The summed E-state index contributed by atoms with van der Waals surface area (Å²) in [5.41, 5.74) is 2.57. The van der Waals surface area contributed by atoms with Crippen molar-refractivity contribution in [1.82, 2.24) is 5.32 Å². The molecule has 0 saturated heterocycles. The molecule has 4 fully saturated rings. The Morgan fingerprint density at radius 3 is 2.24 bits per heavy atom. The zero-order chi connectivity index (χ0) is 32.7. The van der Waals surface area contributed by atoms with E-state index in [0.717, 1.165) is 62.5 Å². The van der Waals surface area contributed by atoms with E-state index in [1.807, 2.05) is 24.3 Å². The molecule has 0 bridgehead atoms. The molecular formula is C39H54ClNO4. The lowest BCUT2D eigenvalue weighted by Crippen LogP contribution is -2.66. The Hall–Kier alpha value is -2.14. The van der Waals surface area contributed by atoms with Crippen LogP contribution in [0.3, 0.4) is 0 Å². The average molecular weight is 636 g/mol. The van der Waals surface area contributed by atoms with E-state index in [0.29, 0.717) is 29.8 Å². The fraction of sp³-hybridized carbons (Fsp3) is 0.718. The van der Waals surface area contributed by atoms with E-state index in [4.69, 9.17) is 16.3 Å². The van der Waals surface area contributed by atoms with Crippen molar-refractivity contribution in [3.8, 4) is 0 Å². The van der Waals surface area contributed by atoms with E-state index >= 15 is 0 Å². The van der Waals surface area contributed by atoms with Crippen LogP contribution < -0.4 is 5.32 Å². The second kappa shape index (κ2) is 11.0. The normalized spacial score (nSPS) is 40.3. The van der Waals surface area contributed by atoms with Gasteiger partial charge in [-0.15, -0.1) is 0 Å². The molecule has 5 aliphatic carbocycles. The molecule has 45 heavy (non-hydrogen) atoms. The highest BCUT2D eigenvalue weighted by Gasteiger charge is 2.71. The number of rotatable bonds is 5. The van der Waals surface area contributed by atoms with Crippen LogP contribution >= 0.6 is 11.6 Å². The minimum absolute atomic E-state index is 0.000818. The summed E-state index contributed by atoms with van der Waals surface area (Å²) in [5, 5.41) is 3.95. The third-order valence-corrected chi connectivity index (χ3v) is 14.7. The number of hydrogen-bond acceptors (Lipinski definition) is 4. The Labute approximate surface area is 275 Å². The highest BCUT2D eigenvalue weighted by atomic mass is 35.5. The van der Waals surface area contributed by atoms with Crippen molar-refractivity contribution in [2.45, 2.75) is 126 Å². The molecule has 8 atom stereocenters. The molecule has 1 aromatic rings. The molecule has 6 heteroatoms. The van der Waals surface area contributed by atoms with E-state index in [9.17, 15) is 14.4 Å². The lowest BCUT2D eigenvalue weighted by molar-refractivity contribution is -0.232. The van der Waals surface area contributed by atoms with Crippen LogP contribution in [-0.4, -0.2) is 23.8 Å². The van der Waals surface area contributed by atoms with Crippen molar-refractivity contribution < 1.29 is 19.1 Å². The third kappa shape index (κ3) is 4.71. The van der Waals surface area contributed by atoms with Crippen molar-refractivity contribution in [3.63, 3.8) is 0 Å². The number of ether oxygens (including phenoxy) is 1. The zero-order valence-electron chi connectivity index (χ0n) is 28.8. The molecule has 4 saturated carbocycles. The van der Waals surface area contributed by atoms with Crippen molar-refractivity contribution in [1.29, 1.82) is 0 Å². The molecule has 0 radical (unpaired) electrons. The van der Waals surface area contributed by atoms with Crippen LogP contribution in [-0.2, 0) is 25.7 Å². The minimum Gasteiger partial charge on any atom is -0.462 e. The summed E-state index contributed by atoms with van der Waals surface area (Å²) in [4.78, 5) is 40.3. The van der Waals surface area contributed by atoms with Gasteiger partial charge in [0.25, 0.3) is 0 Å². The Morgan fingerprint density at radius 1 is 0.911 bits per heavy atom. The second-order valence-electron chi connectivity index (χ2n) is 17.0. The summed E-state index contributed by atoms with van der Waals surface area (Å²) in [6.45, 7) is 18.5. The predicted octanol–water partition coefficient (Wildman–Crippen LogP) is 8.87. The van der Waals surface area contributed by atoms with E-state index in [-0.39, 0.29) is 57.3 Å². The highest BCUT2D eigenvalue weighted by molar-refractivity contribution is 6.30. The summed E-state index contributed by atoms with van der Waals surface area (Å²) in [6, 6.07) is 7.61. The molecule has 1 N–H and O–H groups in total. The van der Waals surface area contributed by atoms with Gasteiger partial charge >= 0.3 is 5.97 Å². The van der Waals surface area contributed by atoms with Gasteiger partial charge in [0.15, 0.2) is 5.78 Å². The van der Waals surface area contributed by atoms with Crippen LogP contribution in [0.1, 0.15) is 119 Å². The summed E-state index contributed by atoms with van der Waals surface area (Å²) in [7, 11) is 0. The largest absolute Gasteiger partial charge is 0.462 e. The fourth-order valence-electron chi connectivity index (χ4n) is 12.2. The predicted molar refractivity (Wildman–Crippen MR) is 178 cm³/mol. The lowest BCUT2D eigenvalue weighted by atomic mass is 9.33. The van der Waals surface area contributed by atoms with Gasteiger partial charge in [0.05, 0.1) is 5.41 Å². The van der Waals surface area contributed by atoms with Crippen molar-refractivity contribution in [3.05, 3.63) is 46.0 Å². The molecule has 6 rings (SSSR count). The first kappa shape index (κ1) is 32.8. The minimum atomic E-state index is -0.748. The lowest BCUT2D eigenvalue weighted by Gasteiger charge is -2.72. The molecule has 0 spiro atoms. The number of benzene rings is 1. The van der Waals surface area contributed by atoms with E-state index in [1.54, 1.807) is 6.92 Å². The van der Waals surface area contributed by atoms with Crippen LogP contribution in [0, 0.1) is 50.7 Å². The van der Waals surface area contributed by atoms with Crippen LogP contribution in [0.5, 0.6) is 0 Å². The third-order valence-electron chi connectivity index (χ3n) is 14.5. The van der Waals surface area contributed by atoms with Gasteiger partial charge in [0.2, 0.25) is 5.91 Å². The SMILES string of the molecule is CC(=O)O[C@H]1CC[C@@]2(C)C(CC[C@]3(C)C2CCC2C4=C(C(C)C)C(=O)C[C@]4(C(=O)NCc4ccc(Cl)cc4)CC[C@]23C)C1(C)C. The number of ketones is 1. The Balaban J connectivity index is 1.35. The van der Waals surface area contributed by atoms with Crippen molar-refractivity contribution >= 4 is 29.3 Å². The molecule has 5 aliphatic rings. The van der Waals surface area contributed by atoms with Gasteiger partial charge in [-0.05, 0) is 120 Å². The van der Waals surface area contributed by atoms with E-state index in [1.165, 1.54) is 5.57 Å². The highest BCUT2D eigenvalue weighted by Crippen LogP contribution is 2.76. The first-order valence-corrected chi connectivity index (χ1v) is 17.9. The molecule has 0 aromatic heterocycles. The Kier molecular flexibility index (Phi) is 7.98. The first-order valence-electron chi connectivity index (χ1n) is 17.5. The molecule has 1 aromatic carbocycles. The maximum atomic E-state index is 14.4.